The molecule has 0 amide bonds. The molecule has 5 nitrogen and oxygen atoms in total. The first-order chi connectivity index (χ1) is 11.9. The highest BCUT2D eigenvalue weighted by Gasteiger charge is 2.48. The fraction of sp³-hybridized carbons (Fsp3) is 0.312. The molecule has 1 aromatic heterocycles. The van der Waals surface area contributed by atoms with E-state index in [1.54, 1.807) is 0 Å². The van der Waals surface area contributed by atoms with Gasteiger partial charge in [-0.25, -0.2) is 8.42 Å². The van der Waals surface area contributed by atoms with E-state index in [0.29, 0.717) is 0 Å². The van der Waals surface area contributed by atoms with Gasteiger partial charge in [-0.15, -0.1) is 0 Å². The van der Waals surface area contributed by atoms with Crippen molar-refractivity contribution < 1.29 is 21.6 Å². The summed E-state index contributed by atoms with van der Waals surface area (Å²) in [4.78, 5) is 11.2. The Balaban J connectivity index is 2.61. The summed E-state index contributed by atoms with van der Waals surface area (Å²) in [6.07, 6.45) is -3.84. The SMILES string of the molecule is Cc1cc(=O)n(C)cc1S(=O)(=O)N(C)[C@H](c1ccc(Cl)cc1)C(F)(F)F. The maximum absolute atomic E-state index is 13.7. The van der Waals surface area contributed by atoms with Crippen molar-refractivity contribution in [3.63, 3.8) is 0 Å². The molecule has 0 radical (unpaired) electrons. The number of alkyl halides is 3. The van der Waals surface area contributed by atoms with Gasteiger partial charge in [-0.1, -0.05) is 23.7 Å². The summed E-state index contributed by atoms with van der Waals surface area (Å²) in [5.41, 5.74) is -0.665. The van der Waals surface area contributed by atoms with E-state index >= 15 is 0 Å². The van der Waals surface area contributed by atoms with Crippen molar-refractivity contribution in [2.24, 2.45) is 7.05 Å². The predicted octanol–water partition coefficient (Wildman–Crippen LogP) is 3.27. The number of hydrogen-bond donors (Lipinski definition) is 0. The van der Waals surface area contributed by atoms with Crippen LogP contribution in [0.3, 0.4) is 0 Å². The molecule has 1 aromatic carbocycles. The second kappa shape index (κ2) is 7.05. The minimum atomic E-state index is -4.86. The average molecular weight is 409 g/mol. The zero-order chi connectivity index (χ0) is 19.9. The summed E-state index contributed by atoms with van der Waals surface area (Å²) in [7, 11) is -2.35. The minimum absolute atomic E-state index is 0.0666. The van der Waals surface area contributed by atoms with Crippen molar-refractivity contribution in [3.05, 3.63) is 63.0 Å². The number of sulfonamides is 1. The zero-order valence-electron chi connectivity index (χ0n) is 14.1. The fourth-order valence-corrected chi connectivity index (χ4v) is 4.23. The molecule has 2 aromatic rings. The molecule has 1 heterocycles. The van der Waals surface area contributed by atoms with Crippen molar-refractivity contribution in [2.45, 2.75) is 24.0 Å². The highest BCUT2D eigenvalue weighted by atomic mass is 35.5. The molecule has 0 N–H and O–H groups in total. The highest BCUT2D eigenvalue weighted by molar-refractivity contribution is 7.89. The molecule has 0 aliphatic rings. The lowest BCUT2D eigenvalue weighted by molar-refractivity contribution is -0.171. The van der Waals surface area contributed by atoms with Crippen LogP contribution in [0, 0.1) is 6.92 Å². The average Bonchev–Trinajstić information content (AvgIpc) is 2.51. The number of pyridine rings is 1. The minimum Gasteiger partial charge on any atom is -0.317 e. The van der Waals surface area contributed by atoms with E-state index < -0.39 is 27.8 Å². The van der Waals surface area contributed by atoms with Crippen molar-refractivity contribution in [2.75, 3.05) is 7.05 Å². The molecular formula is C16H16ClF3N2O3S. The first-order valence-corrected chi connectivity index (χ1v) is 9.15. The summed E-state index contributed by atoms with van der Waals surface area (Å²) in [6, 6.07) is 3.42. The molecule has 0 aliphatic carbocycles. The van der Waals surface area contributed by atoms with Crippen LogP contribution in [0.25, 0.3) is 0 Å². The summed E-state index contributed by atoms with van der Waals surface area (Å²) in [6.45, 7) is 1.35. The number of hydrogen-bond acceptors (Lipinski definition) is 3. The maximum Gasteiger partial charge on any atom is 0.409 e. The van der Waals surface area contributed by atoms with Crippen LogP contribution in [0.5, 0.6) is 0 Å². The fourth-order valence-electron chi connectivity index (χ4n) is 2.51. The van der Waals surface area contributed by atoms with Crippen LogP contribution >= 0.6 is 11.6 Å². The first-order valence-electron chi connectivity index (χ1n) is 7.33. The third-order valence-corrected chi connectivity index (χ3v) is 6.11. The number of aromatic nitrogens is 1. The third-order valence-electron chi connectivity index (χ3n) is 3.90. The topological polar surface area (TPSA) is 59.4 Å². The summed E-state index contributed by atoms with van der Waals surface area (Å²) < 4.78 is 67.9. The van der Waals surface area contributed by atoms with Gasteiger partial charge in [0.1, 0.15) is 10.9 Å². The number of halogens is 4. The summed E-state index contributed by atoms with van der Waals surface area (Å²) in [5, 5.41) is 0.231. The summed E-state index contributed by atoms with van der Waals surface area (Å²) >= 11 is 5.70. The van der Waals surface area contributed by atoms with E-state index in [0.717, 1.165) is 36.0 Å². The lowest BCUT2D eigenvalue weighted by Crippen LogP contribution is -2.40. The normalized spacial score (nSPS) is 13.8. The number of nitrogens with zero attached hydrogens (tertiary/aromatic N) is 2. The Labute approximate surface area is 153 Å². The van der Waals surface area contributed by atoms with E-state index in [2.05, 4.69) is 0 Å². The third kappa shape index (κ3) is 3.94. The van der Waals surface area contributed by atoms with Crippen molar-refractivity contribution in [1.29, 1.82) is 0 Å². The standard InChI is InChI=1S/C16H16ClF3N2O3S/c1-10-8-14(23)21(2)9-13(10)26(24,25)22(3)15(16(18,19)20)11-4-6-12(17)7-5-11/h4-9,15H,1-3H3/t15-/m1/s1. The maximum atomic E-state index is 13.7. The van der Waals surface area contributed by atoms with E-state index in [1.165, 1.54) is 26.1 Å². The monoisotopic (exact) mass is 408 g/mol. The Kier molecular flexibility index (Phi) is 5.55. The largest absolute Gasteiger partial charge is 0.409 e. The molecule has 26 heavy (non-hydrogen) atoms. The van der Waals surface area contributed by atoms with Crippen molar-refractivity contribution in [3.8, 4) is 0 Å². The second-order valence-electron chi connectivity index (χ2n) is 5.79. The second-order valence-corrected chi connectivity index (χ2v) is 8.19. The van der Waals surface area contributed by atoms with Gasteiger partial charge in [-0.3, -0.25) is 4.79 Å². The van der Waals surface area contributed by atoms with Gasteiger partial charge in [0.2, 0.25) is 10.0 Å². The lowest BCUT2D eigenvalue weighted by atomic mass is 10.1. The summed E-state index contributed by atoms with van der Waals surface area (Å²) in [5.74, 6) is 0. The molecule has 0 aliphatic heterocycles. The smallest absolute Gasteiger partial charge is 0.317 e. The molecular weight excluding hydrogens is 393 g/mol. The molecule has 0 fully saturated rings. The molecule has 0 unspecified atom stereocenters. The Bertz CT molecular complexity index is 970. The van der Waals surface area contributed by atoms with E-state index in [4.69, 9.17) is 11.6 Å². The van der Waals surface area contributed by atoms with E-state index in [1.807, 2.05) is 0 Å². The van der Waals surface area contributed by atoms with Crippen LogP contribution in [0.1, 0.15) is 17.2 Å². The molecule has 0 saturated carbocycles. The van der Waals surface area contributed by atoms with Crippen LogP contribution in [-0.2, 0) is 17.1 Å². The molecule has 10 heteroatoms. The number of benzene rings is 1. The van der Waals surface area contributed by atoms with Crippen LogP contribution in [0.15, 0.2) is 46.2 Å². The van der Waals surface area contributed by atoms with Crippen LogP contribution in [0.2, 0.25) is 5.02 Å². The molecule has 0 spiro atoms. The van der Waals surface area contributed by atoms with Gasteiger partial charge in [0.15, 0.2) is 0 Å². The van der Waals surface area contributed by atoms with Crippen LogP contribution in [-0.4, -0.2) is 30.5 Å². The van der Waals surface area contributed by atoms with Crippen LogP contribution in [0.4, 0.5) is 13.2 Å². The lowest BCUT2D eigenvalue weighted by Gasteiger charge is -2.30. The molecule has 2 rings (SSSR count). The van der Waals surface area contributed by atoms with Gasteiger partial charge in [0.25, 0.3) is 5.56 Å². The highest BCUT2D eigenvalue weighted by Crippen LogP contribution is 2.40. The molecule has 1 atom stereocenters. The first kappa shape index (κ1) is 20.5. The van der Waals surface area contributed by atoms with E-state index in [-0.39, 0.29) is 25.4 Å². The molecule has 0 saturated heterocycles. The Morgan fingerprint density at radius 2 is 1.73 bits per heavy atom. The molecule has 142 valence electrons. The van der Waals surface area contributed by atoms with Gasteiger partial charge in [0, 0.05) is 31.4 Å². The van der Waals surface area contributed by atoms with Crippen molar-refractivity contribution >= 4 is 21.6 Å². The number of rotatable bonds is 4. The van der Waals surface area contributed by atoms with Crippen LogP contribution < -0.4 is 5.56 Å². The quantitative estimate of drug-likeness (QED) is 0.780. The van der Waals surface area contributed by atoms with Gasteiger partial charge < -0.3 is 4.57 Å². The van der Waals surface area contributed by atoms with Gasteiger partial charge in [-0.2, -0.15) is 17.5 Å². The Morgan fingerprint density at radius 1 is 1.19 bits per heavy atom. The zero-order valence-corrected chi connectivity index (χ0v) is 15.7. The van der Waals surface area contributed by atoms with E-state index in [9.17, 15) is 26.4 Å². The number of aryl methyl sites for hydroxylation is 2. The van der Waals surface area contributed by atoms with Crippen molar-refractivity contribution in [1.82, 2.24) is 8.87 Å². The Hall–Kier alpha value is -1.84. The van der Waals surface area contributed by atoms with Gasteiger partial charge in [0.05, 0.1) is 0 Å². The van der Waals surface area contributed by atoms with Gasteiger partial charge >= 0.3 is 6.18 Å². The Morgan fingerprint density at radius 3 is 2.23 bits per heavy atom. The molecule has 0 bridgehead atoms. The van der Waals surface area contributed by atoms with Gasteiger partial charge in [-0.05, 0) is 30.2 Å². The predicted molar refractivity (Wildman–Crippen MR) is 91.6 cm³/mol.